The van der Waals surface area contributed by atoms with Crippen molar-refractivity contribution in [2.45, 2.75) is 38.5 Å². The van der Waals surface area contributed by atoms with Crippen LogP contribution in [-0.2, 0) is 4.79 Å². The summed E-state index contributed by atoms with van der Waals surface area (Å²) in [7, 11) is 0. The van der Waals surface area contributed by atoms with Gasteiger partial charge >= 0.3 is 0 Å². The van der Waals surface area contributed by atoms with Gasteiger partial charge in [0.05, 0.1) is 6.54 Å². The van der Waals surface area contributed by atoms with Crippen LogP contribution >= 0.6 is 15.9 Å². The number of hydrogen-bond donors (Lipinski definition) is 2. The molecule has 0 heterocycles. The maximum atomic E-state index is 12.2. The van der Waals surface area contributed by atoms with E-state index in [1.807, 2.05) is 24.3 Å². The number of rotatable bonds is 5. The smallest absolute Gasteiger partial charge is 0.239 e. The Morgan fingerprint density at radius 1 is 1.04 bits per heavy atom. The molecule has 4 aliphatic rings. The predicted octanol–water partition coefficient (Wildman–Crippen LogP) is 4.19. The normalized spacial score (nSPS) is 34.4. The van der Waals surface area contributed by atoms with E-state index in [2.05, 4.69) is 26.6 Å². The van der Waals surface area contributed by atoms with Crippen molar-refractivity contribution in [3.8, 4) is 0 Å². The molecule has 4 aliphatic carbocycles. The van der Waals surface area contributed by atoms with Crippen LogP contribution in [0.5, 0.6) is 0 Å². The summed E-state index contributed by atoms with van der Waals surface area (Å²) < 4.78 is 1.05. The van der Waals surface area contributed by atoms with Crippen LogP contribution in [0.4, 0.5) is 5.69 Å². The Labute approximate surface area is 146 Å². The van der Waals surface area contributed by atoms with Gasteiger partial charge in [0.2, 0.25) is 5.91 Å². The van der Waals surface area contributed by atoms with Gasteiger partial charge in [0.25, 0.3) is 0 Å². The highest BCUT2D eigenvalue weighted by Gasteiger charge is 2.50. The topological polar surface area (TPSA) is 41.1 Å². The fraction of sp³-hybridized carbons (Fsp3) is 0.632. The van der Waals surface area contributed by atoms with Gasteiger partial charge in [-0.3, -0.25) is 4.79 Å². The summed E-state index contributed by atoms with van der Waals surface area (Å²) in [5.41, 5.74) is 1.40. The Morgan fingerprint density at radius 2 is 1.61 bits per heavy atom. The number of amides is 1. The van der Waals surface area contributed by atoms with Crippen molar-refractivity contribution in [3.05, 3.63) is 28.7 Å². The third-order valence-electron chi connectivity index (χ3n) is 6.12. The highest BCUT2D eigenvalue weighted by Crippen LogP contribution is 2.59. The fourth-order valence-corrected chi connectivity index (χ4v) is 5.87. The van der Waals surface area contributed by atoms with E-state index in [9.17, 15) is 4.79 Å². The zero-order valence-corrected chi connectivity index (χ0v) is 15.1. The summed E-state index contributed by atoms with van der Waals surface area (Å²) in [4.78, 5) is 12.2. The Morgan fingerprint density at radius 3 is 2.17 bits per heavy atom. The maximum absolute atomic E-state index is 12.2. The Balaban J connectivity index is 1.27. The minimum atomic E-state index is 0.115. The summed E-state index contributed by atoms with van der Waals surface area (Å²) in [6, 6.07) is 7.93. The predicted molar refractivity (Wildman–Crippen MR) is 96.2 cm³/mol. The van der Waals surface area contributed by atoms with Gasteiger partial charge in [-0.25, -0.2) is 0 Å². The minimum Gasteiger partial charge on any atom is -0.376 e. The second-order valence-electron chi connectivity index (χ2n) is 8.05. The largest absolute Gasteiger partial charge is 0.376 e. The molecule has 4 heteroatoms. The summed E-state index contributed by atoms with van der Waals surface area (Å²) in [5.74, 6) is 2.95. The van der Waals surface area contributed by atoms with E-state index in [1.165, 1.54) is 38.5 Å². The van der Waals surface area contributed by atoms with Crippen LogP contribution in [0, 0.1) is 23.2 Å². The van der Waals surface area contributed by atoms with Crippen molar-refractivity contribution in [3.63, 3.8) is 0 Å². The first kappa shape index (κ1) is 15.5. The lowest BCUT2D eigenvalue weighted by Crippen LogP contribution is -2.51. The van der Waals surface area contributed by atoms with Gasteiger partial charge in [0.1, 0.15) is 0 Å². The van der Waals surface area contributed by atoms with Crippen LogP contribution in [0.3, 0.4) is 0 Å². The van der Waals surface area contributed by atoms with Crippen molar-refractivity contribution in [2.24, 2.45) is 23.2 Å². The molecule has 2 N–H and O–H groups in total. The molecule has 4 bridgehead atoms. The Bertz CT molecular complexity index is 548. The summed E-state index contributed by atoms with van der Waals surface area (Å²) in [5, 5.41) is 6.41. The molecule has 0 unspecified atom stereocenters. The molecule has 0 radical (unpaired) electrons. The van der Waals surface area contributed by atoms with E-state index in [-0.39, 0.29) is 5.91 Å². The maximum Gasteiger partial charge on any atom is 0.239 e. The molecule has 1 aromatic carbocycles. The molecular formula is C19H25BrN2O. The average molecular weight is 377 g/mol. The highest BCUT2D eigenvalue weighted by molar-refractivity contribution is 9.10. The van der Waals surface area contributed by atoms with E-state index in [0.717, 1.165) is 34.5 Å². The lowest BCUT2D eigenvalue weighted by Gasteiger charge is -2.56. The number of hydrogen-bond acceptors (Lipinski definition) is 2. The van der Waals surface area contributed by atoms with Gasteiger partial charge in [-0.1, -0.05) is 15.9 Å². The third-order valence-corrected chi connectivity index (χ3v) is 6.65. The van der Waals surface area contributed by atoms with Crippen molar-refractivity contribution < 1.29 is 4.79 Å². The molecule has 3 nitrogen and oxygen atoms in total. The lowest BCUT2D eigenvalue weighted by atomic mass is 9.49. The molecule has 0 atom stereocenters. The van der Waals surface area contributed by atoms with Crippen molar-refractivity contribution in [2.75, 3.05) is 18.4 Å². The first-order valence-corrected chi connectivity index (χ1v) is 9.66. The number of anilines is 1. The molecule has 0 spiro atoms. The molecule has 4 saturated carbocycles. The molecule has 5 rings (SSSR count). The fourth-order valence-electron chi connectivity index (χ4n) is 5.61. The van der Waals surface area contributed by atoms with E-state index in [1.54, 1.807) is 0 Å². The lowest BCUT2D eigenvalue weighted by molar-refractivity contribution is -0.121. The Hall–Kier alpha value is -1.03. The van der Waals surface area contributed by atoms with Crippen LogP contribution in [0.2, 0.25) is 0 Å². The monoisotopic (exact) mass is 376 g/mol. The van der Waals surface area contributed by atoms with E-state index in [0.29, 0.717) is 12.0 Å². The van der Waals surface area contributed by atoms with Gasteiger partial charge in [0.15, 0.2) is 0 Å². The van der Waals surface area contributed by atoms with E-state index in [4.69, 9.17) is 0 Å². The van der Waals surface area contributed by atoms with Gasteiger partial charge in [-0.15, -0.1) is 0 Å². The van der Waals surface area contributed by atoms with Crippen LogP contribution in [0.15, 0.2) is 28.7 Å². The molecule has 0 aromatic heterocycles. The standard InChI is InChI=1S/C19H25BrN2O/c20-16-1-3-17(4-2-16)21-11-18(23)22-12-19-8-13-5-14(9-19)7-15(6-13)10-19/h1-4,13-15,21H,5-12H2,(H,22,23). The van der Waals surface area contributed by atoms with Crippen molar-refractivity contribution >= 4 is 27.5 Å². The quantitative estimate of drug-likeness (QED) is 0.808. The molecular weight excluding hydrogens is 352 g/mol. The molecule has 23 heavy (non-hydrogen) atoms. The number of benzene rings is 1. The molecule has 0 aliphatic heterocycles. The third kappa shape index (κ3) is 3.42. The highest BCUT2D eigenvalue weighted by atomic mass is 79.9. The van der Waals surface area contributed by atoms with Crippen molar-refractivity contribution in [1.29, 1.82) is 0 Å². The number of nitrogens with one attached hydrogen (secondary N) is 2. The summed E-state index contributed by atoms with van der Waals surface area (Å²) >= 11 is 3.42. The zero-order valence-electron chi connectivity index (χ0n) is 13.5. The molecule has 1 amide bonds. The van der Waals surface area contributed by atoms with Gasteiger partial charge in [0, 0.05) is 16.7 Å². The number of halogens is 1. The number of carbonyl (C=O) groups is 1. The summed E-state index contributed by atoms with van der Waals surface area (Å²) in [6.45, 7) is 1.24. The van der Waals surface area contributed by atoms with Gasteiger partial charge < -0.3 is 10.6 Å². The average Bonchev–Trinajstić information content (AvgIpc) is 2.51. The Kier molecular flexibility index (Phi) is 4.12. The van der Waals surface area contributed by atoms with Gasteiger partial charge in [-0.05, 0) is 86.0 Å². The summed E-state index contributed by atoms with van der Waals surface area (Å²) in [6.07, 6.45) is 8.41. The zero-order chi connectivity index (χ0) is 15.9. The van der Waals surface area contributed by atoms with Gasteiger partial charge in [-0.2, -0.15) is 0 Å². The van der Waals surface area contributed by atoms with Crippen LogP contribution in [0.1, 0.15) is 38.5 Å². The minimum absolute atomic E-state index is 0.115. The van der Waals surface area contributed by atoms with Crippen LogP contribution in [-0.4, -0.2) is 19.0 Å². The first-order chi connectivity index (χ1) is 11.1. The molecule has 4 fully saturated rings. The van der Waals surface area contributed by atoms with E-state index >= 15 is 0 Å². The van der Waals surface area contributed by atoms with Crippen LogP contribution in [0.25, 0.3) is 0 Å². The number of carbonyl (C=O) groups excluding carboxylic acids is 1. The van der Waals surface area contributed by atoms with E-state index < -0.39 is 0 Å². The molecule has 0 saturated heterocycles. The molecule has 1 aromatic rings. The SMILES string of the molecule is O=C(CNc1ccc(Br)cc1)NCC12CC3CC(CC(C3)C1)C2. The van der Waals surface area contributed by atoms with Crippen molar-refractivity contribution in [1.82, 2.24) is 5.32 Å². The second kappa shape index (κ2) is 6.12. The first-order valence-electron chi connectivity index (χ1n) is 8.86. The molecule has 124 valence electrons. The van der Waals surface area contributed by atoms with Crippen LogP contribution < -0.4 is 10.6 Å². The second-order valence-corrected chi connectivity index (χ2v) is 8.97.